The van der Waals surface area contributed by atoms with Crippen molar-refractivity contribution in [2.75, 3.05) is 30.8 Å². The topological polar surface area (TPSA) is 56.5 Å². The molecule has 5 heteroatoms. The molecular weight excluding hydrogens is 288 g/mol. The Hall–Kier alpha value is -2.07. The number of hydrogen-bond donors (Lipinski definition) is 2. The van der Waals surface area contributed by atoms with Gasteiger partial charge < -0.3 is 20.5 Å². The summed E-state index contributed by atoms with van der Waals surface area (Å²) in [5.41, 5.74) is 8.53. The number of anilines is 2. The molecule has 4 nitrogen and oxygen atoms in total. The summed E-state index contributed by atoms with van der Waals surface area (Å²) >= 11 is 6.13. The van der Waals surface area contributed by atoms with Crippen LogP contribution in [0.5, 0.6) is 11.5 Å². The molecule has 110 valence electrons. The minimum Gasteiger partial charge on any atom is -0.486 e. The summed E-state index contributed by atoms with van der Waals surface area (Å²) < 4.78 is 11.1. The molecule has 3 N–H and O–H groups in total. The predicted molar refractivity (Wildman–Crippen MR) is 85.5 cm³/mol. The van der Waals surface area contributed by atoms with Crippen molar-refractivity contribution < 1.29 is 9.47 Å². The molecular formula is C16H17ClN2O2. The van der Waals surface area contributed by atoms with Crippen LogP contribution in [0.4, 0.5) is 11.4 Å². The quantitative estimate of drug-likeness (QED) is 0.851. The Kier molecular flexibility index (Phi) is 4.06. The molecule has 1 aliphatic rings. The van der Waals surface area contributed by atoms with Gasteiger partial charge in [-0.25, -0.2) is 0 Å². The van der Waals surface area contributed by atoms with E-state index in [2.05, 4.69) is 5.32 Å². The second-order valence-corrected chi connectivity index (χ2v) is 5.27. The number of rotatable bonds is 4. The number of nitrogens with one attached hydrogen (secondary N) is 1. The van der Waals surface area contributed by atoms with Crippen LogP contribution in [0, 0.1) is 0 Å². The van der Waals surface area contributed by atoms with Crippen LogP contribution >= 0.6 is 11.6 Å². The summed E-state index contributed by atoms with van der Waals surface area (Å²) in [6.07, 6.45) is 0.849. The van der Waals surface area contributed by atoms with Gasteiger partial charge in [0, 0.05) is 6.54 Å². The van der Waals surface area contributed by atoms with E-state index in [1.165, 1.54) is 5.56 Å². The molecule has 0 radical (unpaired) electrons. The molecule has 0 atom stereocenters. The Morgan fingerprint density at radius 3 is 2.71 bits per heavy atom. The number of para-hydroxylation sites is 1. The highest BCUT2D eigenvalue weighted by molar-refractivity contribution is 6.33. The molecule has 2 aromatic rings. The highest BCUT2D eigenvalue weighted by atomic mass is 35.5. The minimum atomic E-state index is 0.602. The molecule has 1 aliphatic heterocycles. The maximum Gasteiger partial charge on any atom is 0.161 e. The van der Waals surface area contributed by atoms with E-state index in [0.29, 0.717) is 23.9 Å². The first-order valence-corrected chi connectivity index (χ1v) is 7.28. The SMILES string of the molecule is Nc1cccc(Cl)c1NCCc1ccc2c(c1)OCCO2. The van der Waals surface area contributed by atoms with Crippen molar-refractivity contribution in [1.29, 1.82) is 0 Å². The van der Waals surface area contributed by atoms with Crippen molar-refractivity contribution in [2.24, 2.45) is 0 Å². The first-order chi connectivity index (χ1) is 10.2. The molecule has 3 rings (SSSR count). The number of benzene rings is 2. The minimum absolute atomic E-state index is 0.602. The Morgan fingerprint density at radius 1 is 1.10 bits per heavy atom. The Morgan fingerprint density at radius 2 is 1.90 bits per heavy atom. The Labute approximate surface area is 128 Å². The molecule has 0 fully saturated rings. The zero-order chi connectivity index (χ0) is 14.7. The van der Waals surface area contributed by atoms with E-state index < -0.39 is 0 Å². The standard InChI is InChI=1S/C16H17ClN2O2/c17-12-2-1-3-13(18)16(12)19-7-6-11-4-5-14-15(10-11)21-9-8-20-14/h1-5,10,19H,6-9,18H2. The maximum atomic E-state index is 6.13. The van der Waals surface area contributed by atoms with Crippen molar-refractivity contribution in [2.45, 2.75) is 6.42 Å². The van der Waals surface area contributed by atoms with Gasteiger partial charge in [-0.3, -0.25) is 0 Å². The third kappa shape index (κ3) is 3.16. The number of nitrogen functional groups attached to an aromatic ring is 1. The molecule has 1 heterocycles. The van der Waals surface area contributed by atoms with Gasteiger partial charge in [0.05, 0.1) is 16.4 Å². The molecule has 0 aromatic heterocycles. The highest BCUT2D eigenvalue weighted by Crippen LogP contribution is 2.31. The molecule has 0 saturated heterocycles. The first kappa shape index (κ1) is 13.9. The predicted octanol–water partition coefficient (Wildman–Crippen LogP) is 3.35. The second kappa shape index (κ2) is 6.14. The third-order valence-corrected chi connectivity index (χ3v) is 3.68. The van der Waals surface area contributed by atoms with Gasteiger partial charge >= 0.3 is 0 Å². The molecule has 0 bridgehead atoms. The van der Waals surface area contributed by atoms with E-state index in [-0.39, 0.29) is 0 Å². The number of halogens is 1. The smallest absolute Gasteiger partial charge is 0.161 e. The average Bonchev–Trinajstić information content (AvgIpc) is 2.50. The van der Waals surface area contributed by atoms with Crippen LogP contribution < -0.4 is 20.5 Å². The van der Waals surface area contributed by atoms with Gasteiger partial charge in [0.15, 0.2) is 11.5 Å². The van der Waals surface area contributed by atoms with Crippen molar-refractivity contribution in [1.82, 2.24) is 0 Å². The van der Waals surface area contributed by atoms with E-state index in [1.54, 1.807) is 0 Å². The normalized spacial score (nSPS) is 13.0. The zero-order valence-corrected chi connectivity index (χ0v) is 12.3. The van der Waals surface area contributed by atoms with E-state index >= 15 is 0 Å². The van der Waals surface area contributed by atoms with Crippen molar-refractivity contribution in [3.05, 3.63) is 47.0 Å². The Balaban J connectivity index is 1.63. The fourth-order valence-electron chi connectivity index (χ4n) is 2.30. The monoisotopic (exact) mass is 304 g/mol. The number of fused-ring (bicyclic) bond motifs is 1. The Bertz CT molecular complexity index is 626. The number of ether oxygens (including phenoxy) is 2. The van der Waals surface area contributed by atoms with Crippen molar-refractivity contribution in [3.8, 4) is 11.5 Å². The molecule has 2 aromatic carbocycles. The van der Waals surface area contributed by atoms with Crippen LogP contribution in [-0.2, 0) is 6.42 Å². The van der Waals surface area contributed by atoms with Crippen LogP contribution in [0.3, 0.4) is 0 Å². The molecule has 0 saturated carbocycles. The lowest BCUT2D eigenvalue weighted by Gasteiger charge is -2.19. The molecule has 0 spiro atoms. The summed E-state index contributed by atoms with van der Waals surface area (Å²) in [6.45, 7) is 1.96. The first-order valence-electron chi connectivity index (χ1n) is 6.90. The summed E-state index contributed by atoms with van der Waals surface area (Å²) in [7, 11) is 0. The summed E-state index contributed by atoms with van der Waals surface area (Å²) in [5.74, 6) is 1.63. The number of hydrogen-bond acceptors (Lipinski definition) is 4. The van der Waals surface area contributed by atoms with Gasteiger partial charge in [0.2, 0.25) is 0 Å². The van der Waals surface area contributed by atoms with E-state index in [9.17, 15) is 0 Å². The highest BCUT2D eigenvalue weighted by Gasteiger charge is 2.11. The van der Waals surface area contributed by atoms with Gasteiger partial charge in [-0.05, 0) is 36.2 Å². The van der Waals surface area contributed by atoms with Gasteiger partial charge in [0.1, 0.15) is 13.2 Å². The van der Waals surface area contributed by atoms with Crippen LogP contribution in [0.15, 0.2) is 36.4 Å². The lowest BCUT2D eigenvalue weighted by Crippen LogP contribution is -2.15. The van der Waals surface area contributed by atoms with E-state index in [0.717, 1.165) is 30.2 Å². The van der Waals surface area contributed by atoms with Gasteiger partial charge in [0.25, 0.3) is 0 Å². The van der Waals surface area contributed by atoms with Crippen molar-refractivity contribution in [3.63, 3.8) is 0 Å². The van der Waals surface area contributed by atoms with Crippen LogP contribution in [0.25, 0.3) is 0 Å². The van der Waals surface area contributed by atoms with Gasteiger partial charge in [-0.15, -0.1) is 0 Å². The fraction of sp³-hybridized carbons (Fsp3) is 0.250. The third-order valence-electron chi connectivity index (χ3n) is 3.37. The lowest BCUT2D eigenvalue weighted by atomic mass is 10.1. The molecule has 0 amide bonds. The second-order valence-electron chi connectivity index (χ2n) is 4.86. The van der Waals surface area contributed by atoms with Gasteiger partial charge in [-0.2, -0.15) is 0 Å². The lowest BCUT2D eigenvalue weighted by molar-refractivity contribution is 0.171. The summed E-state index contributed by atoms with van der Waals surface area (Å²) in [6, 6.07) is 11.5. The fourth-order valence-corrected chi connectivity index (χ4v) is 2.55. The maximum absolute atomic E-state index is 6.13. The average molecular weight is 305 g/mol. The van der Waals surface area contributed by atoms with E-state index in [4.69, 9.17) is 26.8 Å². The number of nitrogens with two attached hydrogens (primary N) is 1. The zero-order valence-electron chi connectivity index (χ0n) is 11.6. The summed E-state index contributed by atoms with van der Waals surface area (Å²) in [4.78, 5) is 0. The summed E-state index contributed by atoms with van der Waals surface area (Å²) in [5, 5.41) is 3.92. The van der Waals surface area contributed by atoms with Crippen LogP contribution in [-0.4, -0.2) is 19.8 Å². The van der Waals surface area contributed by atoms with Gasteiger partial charge in [-0.1, -0.05) is 23.7 Å². The van der Waals surface area contributed by atoms with Crippen molar-refractivity contribution >= 4 is 23.0 Å². The van der Waals surface area contributed by atoms with Crippen LogP contribution in [0.1, 0.15) is 5.56 Å². The molecule has 21 heavy (non-hydrogen) atoms. The molecule has 0 unspecified atom stereocenters. The van der Waals surface area contributed by atoms with Crippen LogP contribution in [0.2, 0.25) is 5.02 Å². The largest absolute Gasteiger partial charge is 0.486 e. The van der Waals surface area contributed by atoms with E-state index in [1.807, 2.05) is 36.4 Å². The molecule has 0 aliphatic carbocycles.